The molecule has 1 saturated carbocycles. The van der Waals surface area contributed by atoms with E-state index in [0.717, 1.165) is 0 Å². The molecular weight excluding hydrogens is 220 g/mol. The Balaban J connectivity index is 2.01. The van der Waals surface area contributed by atoms with Gasteiger partial charge in [-0.2, -0.15) is 0 Å². The second-order valence-corrected chi connectivity index (χ2v) is 4.27. The van der Waals surface area contributed by atoms with Gasteiger partial charge in [-0.15, -0.1) is 5.10 Å². The molecular formula is C9H13F2N3O2. The summed E-state index contributed by atoms with van der Waals surface area (Å²) in [5.41, 5.74) is -1.49. The molecule has 7 heteroatoms. The van der Waals surface area contributed by atoms with Gasteiger partial charge in [0.2, 0.25) is 0 Å². The van der Waals surface area contributed by atoms with Gasteiger partial charge in [0.15, 0.2) is 0 Å². The molecule has 1 aliphatic rings. The second kappa shape index (κ2) is 3.74. The van der Waals surface area contributed by atoms with Crippen molar-refractivity contribution < 1.29 is 19.0 Å². The minimum Gasteiger partial charge on any atom is -0.387 e. The van der Waals surface area contributed by atoms with Gasteiger partial charge in [0.1, 0.15) is 11.3 Å². The van der Waals surface area contributed by atoms with Gasteiger partial charge in [0.05, 0.1) is 18.3 Å². The van der Waals surface area contributed by atoms with Crippen LogP contribution < -0.4 is 0 Å². The summed E-state index contributed by atoms with van der Waals surface area (Å²) in [6.45, 7) is 1.55. The summed E-state index contributed by atoms with van der Waals surface area (Å²) in [7, 11) is 0. The molecule has 0 amide bonds. The Kier molecular flexibility index (Phi) is 2.67. The number of nitrogens with zero attached hydrogens (tertiary/aromatic N) is 3. The Morgan fingerprint density at radius 3 is 2.62 bits per heavy atom. The fourth-order valence-corrected chi connectivity index (χ4v) is 1.78. The minimum absolute atomic E-state index is 0.0344. The smallest absolute Gasteiger partial charge is 0.266 e. The number of hydrogen-bond acceptors (Lipinski definition) is 4. The van der Waals surface area contributed by atoms with Crippen molar-refractivity contribution in [2.75, 3.05) is 0 Å². The third-order valence-corrected chi connectivity index (χ3v) is 2.91. The summed E-state index contributed by atoms with van der Waals surface area (Å²) in [5.74, 6) is 0. The van der Waals surface area contributed by atoms with Crippen LogP contribution >= 0.6 is 0 Å². The molecule has 90 valence electrons. The van der Waals surface area contributed by atoms with Crippen LogP contribution in [0, 0.1) is 0 Å². The summed E-state index contributed by atoms with van der Waals surface area (Å²) >= 11 is 0. The normalized spacial score (nSPS) is 31.5. The summed E-state index contributed by atoms with van der Waals surface area (Å²) in [4.78, 5) is 0. The van der Waals surface area contributed by atoms with E-state index in [1.165, 1.54) is 10.9 Å². The summed E-state index contributed by atoms with van der Waals surface area (Å²) in [5, 5.41) is 26.0. The maximum absolute atomic E-state index is 12.4. The highest BCUT2D eigenvalue weighted by Gasteiger charge is 2.51. The number of hydrogen-bond donors (Lipinski definition) is 2. The van der Waals surface area contributed by atoms with Gasteiger partial charge in [-0.1, -0.05) is 5.21 Å². The second-order valence-electron chi connectivity index (χ2n) is 4.27. The molecule has 1 atom stereocenters. The first kappa shape index (κ1) is 11.4. The van der Waals surface area contributed by atoms with Crippen LogP contribution in [-0.2, 0) is 0 Å². The summed E-state index contributed by atoms with van der Waals surface area (Å²) in [6.07, 6.45) is -2.02. The lowest BCUT2D eigenvalue weighted by Gasteiger charge is -2.42. The molecule has 1 aromatic rings. The van der Waals surface area contributed by atoms with Crippen molar-refractivity contribution in [2.45, 2.75) is 43.9 Å². The monoisotopic (exact) mass is 233 g/mol. The van der Waals surface area contributed by atoms with E-state index in [2.05, 4.69) is 10.3 Å². The average molecular weight is 233 g/mol. The van der Waals surface area contributed by atoms with Crippen LogP contribution in [-0.4, -0.2) is 37.2 Å². The fourth-order valence-electron chi connectivity index (χ4n) is 1.78. The standard InChI is InChI=1S/C9H13F2N3O2/c1-5(15)7-4-14(13-12-7)6-2-9(16,3-6)8(10)11/h4-6,8,15-16H,2-3H2,1H3/t5-,6?,9?/m0/s1. The topological polar surface area (TPSA) is 71.2 Å². The molecule has 2 N–H and O–H groups in total. The van der Waals surface area contributed by atoms with Crippen molar-refractivity contribution in [1.29, 1.82) is 0 Å². The molecule has 1 fully saturated rings. The number of aromatic nitrogens is 3. The Bertz CT molecular complexity index is 375. The van der Waals surface area contributed by atoms with E-state index in [9.17, 15) is 19.0 Å². The van der Waals surface area contributed by atoms with Crippen molar-refractivity contribution >= 4 is 0 Å². The van der Waals surface area contributed by atoms with Gasteiger partial charge >= 0.3 is 0 Å². The summed E-state index contributed by atoms with van der Waals surface area (Å²) in [6, 6.07) is -0.265. The van der Waals surface area contributed by atoms with E-state index in [4.69, 9.17) is 0 Å². The predicted octanol–water partition coefficient (Wildman–Crippen LogP) is 0.662. The SMILES string of the molecule is C[C@H](O)c1cn(C2CC(O)(C(F)F)C2)nn1. The first-order valence-electron chi connectivity index (χ1n) is 5.03. The van der Waals surface area contributed by atoms with E-state index < -0.39 is 18.1 Å². The van der Waals surface area contributed by atoms with E-state index in [1.807, 2.05) is 0 Å². The highest BCUT2D eigenvalue weighted by atomic mass is 19.3. The molecule has 0 radical (unpaired) electrons. The van der Waals surface area contributed by atoms with Crippen molar-refractivity contribution in [2.24, 2.45) is 0 Å². The molecule has 0 aromatic carbocycles. The Hall–Kier alpha value is -1.08. The lowest BCUT2D eigenvalue weighted by molar-refractivity contribution is -0.165. The van der Waals surface area contributed by atoms with Gasteiger partial charge in [-0.3, -0.25) is 0 Å². The maximum Gasteiger partial charge on any atom is 0.266 e. The predicted molar refractivity (Wildman–Crippen MR) is 49.9 cm³/mol. The number of alkyl halides is 2. The number of aliphatic hydroxyl groups excluding tert-OH is 1. The van der Waals surface area contributed by atoms with Crippen molar-refractivity contribution in [3.8, 4) is 0 Å². The fraction of sp³-hybridized carbons (Fsp3) is 0.778. The number of rotatable bonds is 3. The van der Waals surface area contributed by atoms with Gasteiger partial charge in [-0.05, 0) is 6.92 Å². The van der Waals surface area contributed by atoms with Crippen LogP contribution in [0.2, 0.25) is 0 Å². The summed E-state index contributed by atoms with van der Waals surface area (Å²) < 4.78 is 26.1. The van der Waals surface area contributed by atoms with Crippen LogP contribution in [0.5, 0.6) is 0 Å². The highest BCUT2D eigenvalue weighted by molar-refractivity contribution is 5.03. The van der Waals surface area contributed by atoms with E-state index in [0.29, 0.717) is 5.69 Å². The quantitative estimate of drug-likeness (QED) is 0.804. The lowest BCUT2D eigenvalue weighted by atomic mass is 9.76. The van der Waals surface area contributed by atoms with Crippen molar-refractivity contribution in [3.05, 3.63) is 11.9 Å². The molecule has 0 aliphatic heterocycles. The number of aliphatic hydroxyl groups is 2. The molecule has 1 aromatic heterocycles. The molecule has 5 nitrogen and oxygen atoms in total. The van der Waals surface area contributed by atoms with Crippen LogP contribution in [0.1, 0.15) is 37.6 Å². The molecule has 0 spiro atoms. The molecule has 1 heterocycles. The maximum atomic E-state index is 12.4. The van der Waals surface area contributed by atoms with Crippen LogP contribution in [0.15, 0.2) is 6.20 Å². The average Bonchev–Trinajstić information content (AvgIpc) is 2.60. The van der Waals surface area contributed by atoms with Gasteiger partial charge < -0.3 is 10.2 Å². The molecule has 16 heavy (non-hydrogen) atoms. The van der Waals surface area contributed by atoms with Gasteiger partial charge in [-0.25, -0.2) is 13.5 Å². The molecule has 0 saturated heterocycles. The van der Waals surface area contributed by atoms with Crippen LogP contribution in [0.3, 0.4) is 0 Å². The first-order valence-corrected chi connectivity index (χ1v) is 5.03. The Morgan fingerprint density at radius 2 is 2.19 bits per heavy atom. The van der Waals surface area contributed by atoms with Crippen LogP contribution in [0.4, 0.5) is 8.78 Å². The molecule has 1 aliphatic carbocycles. The van der Waals surface area contributed by atoms with E-state index in [-0.39, 0.29) is 18.9 Å². The zero-order valence-corrected chi connectivity index (χ0v) is 8.72. The largest absolute Gasteiger partial charge is 0.387 e. The van der Waals surface area contributed by atoms with Crippen molar-refractivity contribution in [3.63, 3.8) is 0 Å². The zero-order valence-electron chi connectivity index (χ0n) is 8.72. The van der Waals surface area contributed by atoms with E-state index in [1.54, 1.807) is 6.92 Å². The molecule has 0 bridgehead atoms. The highest BCUT2D eigenvalue weighted by Crippen LogP contribution is 2.44. The Labute approximate surface area is 90.7 Å². The van der Waals surface area contributed by atoms with Gasteiger partial charge in [0.25, 0.3) is 6.43 Å². The van der Waals surface area contributed by atoms with Crippen molar-refractivity contribution in [1.82, 2.24) is 15.0 Å². The van der Waals surface area contributed by atoms with E-state index >= 15 is 0 Å². The zero-order chi connectivity index (χ0) is 11.9. The first-order chi connectivity index (χ1) is 7.42. The Morgan fingerprint density at radius 1 is 1.56 bits per heavy atom. The molecule has 0 unspecified atom stereocenters. The van der Waals surface area contributed by atoms with Crippen LogP contribution in [0.25, 0.3) is 0 Å². The van der Waals surface area contributed by atoms with Gasteiger partial charge in [0, 0.05) is 12.8 Å². The minimum atomic E-state index is -2.73. The lowest BCUT2D eigenvalue weighted by Crippen LogP contribution is -2.50. The third-order valence-electron chi connectivity index (χ3n) is 2.91. The number of halogens is 2. The molecule has 2 rings (SSSR count). The third kappa shape index (κ3) is 1.80.